The van der Waals surface area contributed by atoms with Gasteiger partial charge in [-0.2, -0.15) is 0 Å². The largest absolute Gasteiger partial charge is 0.339 e. The highest BCUT2D eigenvalue weighted by Gasteiger charge is 2.15. The van der Waals surface area contributed by atoms with E-state index >= 15 is 0 Å². The highest BCUT2D eigenvalue weighted by molar-refractivity contribution is 7.92. The highest BCUT2D eigenvalue weighted by Crippen LogP contribution is 2.20. The lowest BCUT2D eigenvalue weighted by atomic mass is 10.1. The molecule has 0 spiro atoms. The first-order valence-corrected chi connectivity index (χ1v) is 9.65. The van der Waals surface area contributed by atoms with E-state index in [1.807, 2.05) is 26.0 Å². The first-order chi connectivity index (χ1) is 12.3. The summed E-state index contributed by atoms with van der Waals surface area (Å²) in [6.07, 6.45) is 0. The van der Waals surface area contributed by atoms with E-state index in [4.69, 9.17) is 11.6 Å². The summed E-state index contributed by atoms with van der Waals surface area (Å²) in [5.41, 5.74) is 3.15. The number of sulfonamides is 1. The summed E-state index contributed by atoms with van der Waals surface area (Å²) in [7, 11) is -3.78. The van der Waals surface area contributed by atoms with Crippen molar-refractivity contribution in [2.24, 2.45) is 0 Å². The molecule has 1 heterocycles. The van der Waals surface area contributed by atoms with E-state index in [-0.39, 0.29) is 10.7 Å². The zero-order valence-electron chi connectivity index (χ0n) is 14.2. The Morgan fingerprint density at radius 2 is 1.54 bits per heavy atom. The maximum atomic E-state index is 12.4. The monoisotopic (exact) mass is 388 g/mol. The molecule has 0 saturated heterocycles. The molecule has 2 aromatic carbocycles. The molecular weight excluding hydrogens is 372 g/mol. The third-order valence-corrected chi connectivity index (χ3v) is 5.09. The number of anilines is 3. The molecule has 0 radical (unpaired) electrons. The predicted molar refractivity (Wildman–Crippen MR) is 103 cm³/mol. The number of rotatable bonds is 5. The quantitative estimate of drug-likeness (QED) is 0.681. The molecule has 6 nitrogen and oxygen atoms in total. The smallest absolute Gasteiger partial charge is 0.263 e. The topological polar surface area (TPSA) is 84.0 Å². The molecule has 0 amide bonds. The zero-order valence-corrected chi connectivity index (χ0v) is 15.8. The number of aromatic nitrogens is 2. The Morgan fingerprint density at radius 1 is 0.885 bits per heavy atom. The zero-order chi connectivity index (χ0) is 18.7. The van der Waals surface area contributed by atoms with Crippen LogP contribution in [0.4, 0.5) is 17.3 Å². The lowest BCUT2D eigenvalue weighted by molar-refractivity contribution is 0.601. The van der Waals surface area contributed by atoms with Gasteiger partial charge in [-0.25, -0.2) is 8.42 Å². The number of aryl methyl sites for hydroxylation is 2. The molecule has 0 bridgehead atoms. The van der Waals surface area contributed by atoms with Crippen LogP contribution in [0.3, 0.4) is 0 Å². The molecule has 0 aliphatic carbocycles. The molecule has 3 aromatic rings. The predicted octanol–water partition coefficient (Wildman–Crippen LogP) is 4.29. The van der Waals surface area contributed by atoms with Gasteiger partial charge in [0.05, 0.1) is 4.90 Å². The number of hydrogen-bond acceptors (Lipinski definition) is 5. The molecule has 0 aliphatic rings. The third kappa shape index (κ3) is 4.50. The molecule has 8 heteroatoms. The van der Waals surface area contributed by atoms with Crippen LogP contribution in [0.25, 0.3) is 0 Å². The molecule has 0 fully saturated rings. The van der Waals surface area contributed by atoms with E-state index < -0.39 is 10.0 Å². The summed E-state index contributed by atoms with van der Waals surface area (Å²) in [4.78, 5) is 0.0595. The van der Waals surface area contributed by atoms with E-state index in [0.29, 0.717) is 10.8 Å². The van der Waals surface area contributed by atoms with Gasteiger partial charge in [0.15, 0.2) is 11.6 Å². The number of hydrogen-bond donors (Lipinski definition) is 2. The number of benzene rings is 2. The molecule has 1 aromatic heterocycles. The van der Waals surface area contributed by atoms with Gasteiger partial charge in [-0.05, 0) is 67.4 Å². The number of nitrogens with zero attached hydrogens (tertiary/aromatic N) is 2. The summed E-state index contributed by atoms with van der Waals surface area (Å²) in [6, 6.07) is 15.2. The lowest BCUT2D eigenvalue weighted by Gasteiger charge is -2.09. The first-order valence-electron chi connectivity index (χ1n) is 7.79. The van der Waals surface area contributed by atoms with Crippen LogP contribution in [-0.2, 0) is 10.0 Å². The molecule has 134 valence electrons. The van der Waals surface area contributed by atoms with Gasteiger partial charge in [0.25, 0.3) is 10.0 Å². The van der Waals surface area contributed by atoms with Gasteiger partial charge in [-0.15, -0.1) is 10.2 Å². The SMILES string of the molecule is Cc1cc(C)cc(Nc2ccc(NS(=O)(=O)c3cccc(Cl)c3)nn2)c1. The summed E-state index contributed by atoms with van der Waals surface area (Å²) < 4.78 is 27.1. The van der Waals surface area contributed by atoms with Crippen LogP contribution in [-0.4, -0.2) is 18.6 Å². The van der Waals surface area contributed by atoms with Crippen molar-refractivity contribution >= 4 is 38.9 Å². The standard InChI is InChI=1S/C18H17ClN4O2S/c1-12-8-13(2)10-15(9-12)20-17-6-7-18(22-21-17)23-26(24,25)16-5-3-4-14(19)11-16/h3-11H,1-2H3,(H,20,21)(H,22,23). The third-order valence-electron chi connectivity index (χ3n) is 3.50. The Labute approximate surface area is 157 Å². The van der Waals surface area contributed by atoms with Crippen LogP contribution in [0.1, 0.15) is 11.1 Å². The van der Waals surface area contributed by atoms with Crippen molar-refractivity contribution in [3.05, 3.63) is 70.7 Å². The molecule has 26 heavy (non-hydrogen) atoms. The van der Waals surface area contributed by atoms with Crippen molar-refractivity contribution in [1.29, 1.82) is 0 Å². The van der Waals surface area contributed by atoms with E-state index in [0.717, 1.165) is 16.8 Å². The Hall–Kier alpha value is -2.64. The normalized spacial score (nSPS) is 11.2. The van der Waals surface area contributed by atoms with Gasteiger partial charge in [0, 0.05) is 10.7 Å². The molecule has 0 aliphatic heterocycles. The Bertz CT molecular complexity index is 1020. The molecule has 0 unspecified atom stereocenters. The van der Waals surface area contributed by atoms with Crippen molar-refractivity contribution in [3.8, 4) is 0 Å². The van der Waals surface area contributed by atoms with Crippen molar-refractivity contribution in [1.82, 2.24) is 10.2 Å². The fraction of sp³-hybridized carbons (Fsp3) is 0.111. The van der Waals surface area contributed by atoms with Crippen LogP contribution in [0.5, 0.6) is 0 Å². The van der Waals surface area contributed by atoms with Crippen molar-refractivity contribution in [2.75, 3.05) is 10.0 Å². The second-order valence-corrected chi connectivity index (χ2v) is 7.99. The average Bonchev–Trinajstić information content (AvgIpc) is 2.55. The Kier molecular flexibility index (Phi) is 5.11. The highest BCUT2D eigenvalue weighted by atomic mass is 35.5. The minimum absolute atomic E-state index is 0.0595. The summed E-state index contributed by atoms with van der Waals surface area (Å²) >= 11 is 5.85. The van der Waals surface area contributed by atoms with Gasteiger partial charge in [0.2, 0.25) is 0 Å². The summed E-state index contributed by atoms with van der Waals surface area (Å²) in [5, 5.41) is 11.4. The van der Waals surface area contributed by atoms with Crippen LogP contribution in [0.15, 0.2) is 59.5 Å². The van der Waals surface area contributed by atoms with E-state index in [2.05, 4.69) is 26.3 Å². The van der Waals surface area contributed by atoms with Gasteiger partial charge in [-0.3, -0.25) is 4.72 Å². The first kappa shape index (κ1) is 18.2. The average molecular weight is 389 g/mol. The fourth-order valence-corrected chi connectivity index (χ4v) is 3.78. The van der Waals surface area contributed by atoms with Crippen LogP contribution in [0, 0.1) is 13.8 Å². The minimum Gasteiger partial charge on any atom is -0.339 e. The molecule has 0 atom stereocenters. The van der Waals surface area contributed by atoms with E-state index in [9.17, 15) is 8.42 Å². The van der Waals surface area contributed by atoms with Crippen LogP contribution < -0.4 is 10.0 Å². The van der Waals surface area contributed by atoms with E-state index in [1.54, 1.807) is 24.3 Å². The van der Waals surface area contributed by atoms with Gasteiger partial charge in [-0.1, -0.05) is 23.7 Å². The lowest BCUT2D eigenvalue weighted by Crippen LogP contribution is -2.14. The van der Waals surface area contributed by atoms with Gasteiger partial charge < -0.3 is 5.32 Å². The molecule has 3 rings (SSSR count). The van der Waals surface area contributed by atoms with Crippen molar-refractivity contribution < 1.29 is 8.42 Å². The maximum Gasteiger partial charge on any atom is 0.263 e. The molecule has 2 N–H and O–H groups in total. The number of nitrogens with one attached hydrogen (secondary N) is 2. The maximum absolute atomic E-state index is 12.4. The second-order valence-electron chi connectivity index (χ2n) is 5.87. The number of halogens is 1. The van der Waals surface area contributed by atoms with Gasteiger partial charge in [0.1, 0.15) is 0 Å². The van der Waals surface area contributed by atoms with E-state index in [1.165, 1.54) is 12.1 Å². The Balaban J connectivity index is 1.75. The fourth-order valence-electron chi connectivity index (χ4n) is 2.48. The van der Waals surface area contributed by atoms with Crippen molar-refractivity contribution in [3.63, 3.8) is 0 Å². The van der Waals surface area contributed by atoms with Crippen LogP contribution in [0.2, 0.25) is 5.02 Å². The minimum atomic E-state index is -3.78. The van der Waals surface area contributed by atoms with Gasteiger partial charge >= 0.3 is 0 Å². The molecule has 0 saturated carbocycles. The molecular formula is C18H17ClN4O2S. The summed E-state index contributed by atoms with van der Waals surface area (Å²) in [5.74, 6) is 0.636. The summed E-state index contributed by atoms with van der Waals surface area (Å²) in [6.45, 7) is 4.02. The second kappa shape index (κ2) is 7.31. The van der Waals surface area contributed by atoms with Crippen molar-refractivity contribution in [2.45, 2.75) is 18.7 Å². The Morgan fingerprint density at radius 3 is 2.15 bits per heavy atom. The van der Waals surface area contributed by atoms with Crippen LogP contribution >= 0.6 is 11.6 Å².